The largest absolute Gasteiger partial charge is 0.363 e. The molecule has 0 unspecified atom stereocenters. The van der Waals surface area contributed by atoms with Gasteiger partial charge in [0.2, 0.25) is 0 Å². The molecular weight excluding hydrogens is 124 g/mol. The lowest BCUT2D eigenvalue weighted by Crippen LogP contribution is -1.81. The first-order chi connectivity index (χ1) is 4.97. The molecule has 0 spiro atoms. The molecular formula is C8H8N2. The third kappa shape index (κ3) is 0.778. The molecule has 2 heteroatoms. The average Bonchev–Trinajstić information content (AvgIpc) is 2.28. The van der Waals surface area contributed by atoms with Gasteiger partial charge in [0, 0.05) is 18.1 Å². The van der Waals surface area contributed by atoms with Crippen molar-refractivity contribution in [3.8, 4) is 0 Å². The maximum atomic E-state index is 4.14. The molecule has 10 heavy (non-hydrogen) atoms. The zero-order chi connectivity index (χ0) is 6.81. The number of nitrogens with zero attached hydrogens (tertiary/aromatic N) is 1. The van der Waals surface area contributed by atoms with Crippen molar-refractivity contribution in [1.29, 1.82) is 0 Å². The van der Waals surface area contributed by atoms with Gasteiger partial charge in [-0.15, -0.1) is 0 Å². The maximum Gasteiger partial charge on any atom is 0.0795 e. The van der Waals surface area contributed by atoms with E-state index in [0.717, 1.165) is 6.54 Å². The Morgan fingerprint density at radius 3 is 3.50 bits per heavy atom. The van der Waals surface area contributed by atoms with Gasteiger partial charge in [-0.2, -0.15) is 0 Å². The average molecular weight is 132 g/mol. The van der Waals surface area contributed by atoms with Gasteiger partial charge in [0.25, 0.3) is 0 Å². The summed E-state index contributed by atoms with van der Waals surface area (Å²) in [7, 11) is 0. The second-order valence-electron chi connectivity index (χ2n) is 2.26. The molecule has 1 aromatic heterocycles. The summed E-state index contributed by atoms with van der Waals surface area (Å²) in [5, 5.41) is 0. The lowest BCUT2D eigenvalue weighted by Gasteiger charge is -1.90. The zero-order valence-electron chi connectivity index (χ0n) is 5.54. The van der Waals surface area contributed by atoms with Crippen LogP contribution in [-0.4, -0.2) is 11.2 Å². The van der Waals surface area contributed by atoms with Gasteiger partial charge in [0.15, 0.2) is 0 Å². The Morgan fingerprint density at radius 1 is 1.50 bits per heavy atom. The topological polar surface area (TPSA) is 28.1 Å². The SMILES string of the molecule is C1=Cc2cc[nH]c2CN=C1. The molecule has 0 fully saturated rings. The molecule has 0 bridgehead atoms. The van der Waals surface area contributed by atoms with Crippen molar-refractivity contribution in [1.82, 2.24) is 4.98 Å². The van der Waals surface area contributed by atoms with E-state index in [-0.39, 0.29) is 0 Å². The highest BCUT2D eigenvalue weighted by molar-refractivity contribution is 5.79. The molecule has 1 aliphatic heterocycles. The van der Waals surface area contributed by atoms with Crippen LogP contribution in [-0.2, 0) is 6.54 Å². The van der Waals surface area contributed by atoms with Crippen molar-refractivity contribution < 1.29 is 0 Å². The Labute approximate surface area is 59.3 Å². The molecule has 1 N–H and O–H groups in total. The molecule has 0 atom stereocenters. The molecule has 0 saturated carbocycles. The van der Waals surface area contributed by atoms with Crippen LogP contribution in [0.5, 0.6) is 0 Å². The van der Waals surface area contributed by atoms with E-state index >= 15 is 0 Å². The van der Waals surface area contributed by atoms with Gasteiger partial charge < -0.3 is 4.98 Å². The van der Waals surface area contributed by atoms with Crippen LogP contribution < -0.4 is 0 Å². The van der Waals surface area contributed by atoms with Gasteiger partial charge in [-0.3, -0.25) is 4.99 Å². The van der Waals surface area contributed by atoms with E-state index < -0.39 is 0 Å². The first-order valence-electron chi connectivity index (χ1n) is 3.29. The van der Waals surface area contributed by atoms with Crippen molar-refractivity contribution in [2.75, 3.05) is 0 Å². The van der Waals surface area contributed by atoms with Crippen molar-refractivity contribution in [2.24, 2.45) is 4.99 Å². The van der Waals surface area contributed by atoms with Crippen LogP contribution in [0.25, 0.3) is 6.08 Å². The van der Waals surface area contributed by atoms with E-state index in [2.05, 4.69) is 22.1 Å². The number of rotatable bonds is 0. The van der Waals surface area contributed by atoms with Gasteiger partial charge in [0.05, 0.1) is 6.54 Å². The number of hydrogen-bond acceptors (Lipinski definition) is 1. The number of H-pyrrole nitrogens is 1. The summed E-state index contributed by atoms with van der Waals surface area (Å²) >= 11 is 0. The molecule has 0 amide bonds. The molecule has 0 radical (unpaired) electrons. The van der Waals surface area contributed by atoms with Gasteiger partial charge in [-0.05, 0) is 17.7 Å². The van der Waals surface area contributed by atoms with E-state index in [1.165, 1.54) is 11.3 Å². The lowest BCUT2D eigenvalue weighted by molar-refractivity contribution is 1.02. The van der Waals surface area contributed by atoms with Gasteiger partial charge in [-0.1, -0.05) is 6.08 Å². The van der Waals surface area contributed by atoms with Crippen molar-refractivity contribution in [3.63, 3.8) is 0 Å². The molecule has 1 aliphatic rings. The zero-order valence-corrected chi connectivity index (χ0v) is 5.54. The van der Waals surface area contributed by atoms with E-state index in [9.17, 15) is 0 Å². The number of allylic oxidation sites excluding steroid dienone is 1. The van der Waals surface area contributed by atoms with Crippen molar-refractivity contribution in [3.05, 3.63) is 29.6 Å². The molecule has 0 aromatic carbocycles. The van der Waals surface area contributed by atoms with Gasteiger partial charge in [-0.25, -0.2) is 0 Å². The Hall–Kier alpha value is -1.31. The van der Waals surface area contributed by atoms with Crippen LogP contribution >= 0.6 is 0 Å². The summed E-state index contributed by atoms with van der Waals surface area (Å²) in [4.78, 5) is 7.27. The van der Waals surface area contributed by atoms with Crippen molar-refractivity contribution >= 4 is 12.3 Å². The van der Waals surface area contributed by atoms with Crippen LogP contribution in [0.3, 0.4) is 0 Å². The summed E-state index contributed by atoms with van der Waals surface area (Å²) in [6.07, 6.45) is 7.78. The Morgan fingerprint density at radius 2 is 2.50 bits per heavy atom. The van der Waals surface area contributed by atoms with Crippen LogP contribution in [0.2, 0.25) is 0 Å². The minimum Gasteiger partial charge on any atom is -0.363 e. The molecule has 0 aliphatic carbocycles. The normalized spacial score (nSPS) is 14.8. The Bertz CT molecular complexity index is 281. The lowest BCUT2D eigenvalue weighted by atomic mass is 10.2. The summed E-state index contributed by atoms with van der Waals surface area (Å²) in [5.41, 5.74) is 2.45. The Balaban J connectivity index is 2.50. The van der Waals surface area contributed by atoms with Crippen molar-refractivity contribution in [2.45, 2.75) is 6.54 Å². The van der Waals surface area contributed by atoms with Crippen LogP contribution in [0, 0.1) is 0 Å². The third-order valence-corrected chi connectivity index (χ3v) is 1.59. The van der Waals surface area contributed by atoms with E-state index in [4.69, 9.17) is 0 Å². The second-order valence-corrected chi connectivity index (χ2v) is 2.26. The third-order valence-electron chi connectivity index (χ3n) is 1.59. The number of nitrogens with one attached hydrogen (secondary N) is 1. The van der Waals surface area contributed by atoms with Crippen LogP contribution in [0.1, 0.15) is 11.3 Å². The fourth-order valence-electron chi connectivity index (χ4n) is 1.06. The predicted molar refractivity (Wildman–Crippen MR) is 42.0 cm³/mol. The summed E-state index contributed by atoms with van der Waals surface area (Å²) in [6.45, 7) is 0.773. The molecule has 0 saturated heterocycles. The fourth-order valence-corrected chi connectivity index (χ4v) is 1.06. The first-order valence-corrected chi connectivity index (χ1v) is 3.29. The number of hydrogen-bond donors (Lipinski definition) is 1. The standard InChI is InChI=1S/C8H8N2/c1-2-7-3-5-10-8(7)6-9-4-1/h1-5,10H,6H2. The van der Waals surface area contributed by atoms with Crippen LogP contribution in [0.15, 0.2) is 23.3 Å². The number of aromatic nitrogens is 1. The minimum absolute atomic E-state index is 0.773. The highest BCUT2D eigenvalue weighted by Crippen LogP contribution is 2.11. The van der Waals surface area contributed by atoms with Gasteiger partial charge >= 0.3 is 0 Å². The smallest absolute Gasteiger partial charge is 0.0795 e. The van der Waals surface area contributed by atoms with Gasteiger partial charge in [0.1, 0.15) is 0 Å². The monoisotopic (exact) mass is 132 g/mol. The number of aliphatic imine (C=N–C) groups is 1. The second kappa shape index (κ2) is 2.14. The summed E-state index contributed by atoms with van der Waals surface area (Å²) < 4.78 is 0. The van der Waals surface area contributed by atoms with E-state index in [0.29, 0.717) is 0 Å². The molecule has 2 nitrogen and oxygen atoms in total. The molecule has 50 valence electrons. The fraction of sp³-hybridized carbons (Fsp3) is 0.125. The maximum absolute atomic E-state index is 4.14. The number of fused-ring (bicyclic) bond motifs is 1. The highest BCUT2D eigenvalue weighted by Gasteiger charge is 1.99. The first kappa shape index (κ1) is 5.47. The van der Waals surface area contributed by atoms with E-state index in [1.54, 1.807) is 0 Å². The quantitative estimate of drug-likeness (QED) is 0.555. The number of aromatic amines is 1. The minimum atomic E-state index is 0.773. The summed E-state index contributed by atoms with van der Waals surface area (Å²) in [5.74, 6) is 0. The van der Waals surface area contributed by atoms with Crippen LogP contribution in [0.4, 0.5) is 0 Å². The highest BCUT2D eigenvalue weighted by atomic mass is 14.8. The molecule has 1 aromatic rings. The summed E-state index contributed by atoms with van der Waals surface area (Å²) in [6, 6.07) is 2.06. The Kier molecular flexibility index (Phi) is 1.17. The van der Waals surface area contributed by atoms with E-state index in [1.807, 2.05) is 18.5 Å². The molecule has 2 heterocycles. The predicted octanol–water partition coefficient (Wildman–Crippen LogP) is 1.61. The molecule has 2 rings (SSSR count).